The molecule has 0 amide bonds. The maximum Gasteiger partial charge on any atom is 0.140 e. The van der Waals surface area contributed by atoms with E-state index in [9.17, 15) is 0 Å². The van der Waals surface area contributed by atoms with E-state index in [1.807, 2.05) is 6.07 Å². The Labute approximate surface area is 86.9 Å². The average molecular weight is 244 g/mol. The summed E-state index contributed by atoms with van der Waals surface area (Å²) in [7, 11) is 0. The van der Waals surface area contributed by atoms with Crippen LogP contribution in [0, 0.1) is 0 Å². The highest BCUT2D eigenvalue weighted by Gasteiger charge is 2.12. The number of nitrogen functional groups attached to an aromatic ring is 1. The van der Waals surface area contributed by atoms with E-state index in [0.29, 0.717) is 5.69 Å². The molecule has 0 fully saturated rings. The van der Waals surface area contributed by atoms with E-state index < -0.39 is 0 Å². The van der Waals surface area contributed by atoms with Crippen LogP contribution < -0.4 is 11.1 Å². The number of anilines is 2. The van der Waals surface area contributed by atoms with Gasteiger partial charge in [-0.2, -0.15) is 0 Å². The Morgan fingerprint density at radius 2 is 2.08 bits per heavy atom. The van der Waals surface area contributed by atoms with Crippen LogP contribution >= 0.6 is 15.9 Å². The fraction of sp³-hybridized carbons (Fsp3) is 0.444. The molecule has 13 heavy (non-hydrogen) atoms. The van der Waals surface area contributed by atoms with Gasteiger partial charge in [-0.1, -0.05) is 0 Å². The first-order chi connectivity index (χ1) is 5.88. The van der Waals surface area contributed by atoms with Crippen molar-refractivity contribution in [2.75, 3.05) is 11.1 Å². The first kappa shape index (κ1) is 10.3. The third kappa shape index (κ3) is 3.22. The van der Waals surface area contributed by atoms with Gasteiger partial charge in [-0.3, -0.25) is 0 Å². The quantitative estimate of drug-likeness (QED) is 0.798. The van der Waals surface area contributed by atoms with Crippen LogP contribution in [0.1, 0.15) is 20.8 Å². The fourth-order valence-corrected chi connectivity index (χ4v) is 1.37. The van der Waals surface area contributed by atoms with Gasteiger partial charge in [-0.05, 0) is 42.8 Å². The molecular weight excluding hydrogens is 230 g/mol. The molecule has 0 unspecified atom stereocenters. The predicted octanol–water partition coefficient (Wildman–Crippen LogP) is 2.64. The lowest BCUT2D eigenvalue weighted by Crippen LogP contribution is -2.26. The van der Waals surface area contributed by atoms with Gasteiger partial charge in [0, 0.05) is 5.54 Å². The molecular formula is C9H14BrN3. The van der Waals surface area contributed by atoms with Crippen molar-refractivity contribution in [3.63, 3.8) is 0 Å². The number of nitrogens with zero attached hydrogens (tertiary/aromatic N) is 1. The number of hydrogen-bond acceptors (Lipinski definition) is 3. The lowest BCUT2D eigenvalue weighted by Gasteiger charge is -2.22. The zero-order chi connectivity index (χ0) is 10.1. The molecule has 0 aromatic carbocycles. The van der Waals surface area contributed by atoms with Crippen LogP contribution in [-0.4, -0.2) is 10.5 Å². The Bertz CT molecular complexity index is 304. The third-order valence-electron chi connectivity index (χ3n) is 1.36. The predicted molar refractivity (Wildman–Crippen MR) is 59.7 cm³/mol. The molecule has 0 aliphatic carbocycles. The highest BCUT2D eigenvalue weighted by Crippen LogP contribution is 2.24. The summed E-state index contributed by atoms with van der Waals surface area (Å²) in [5.41, 5.74) is 6.24. The lowest BCUT2D eigenvalue weighted by atomic mass is 10.1. The van der Waals surface area contributed by atoms with Gasteiger partial charge in [0.1, 0.15) is 5.82 Å². The second-order valence-electron chi connectivity index (χ2n) is 3.97. The molecule has 3 nitrogen and oxygen atoms in total. The summed E-state index contributed by atoms with van der Waals surface area (Å²) in [6, 6.07) is 1.83. The number of nitrogens with two attached hydrogens (primary N) is 1. The molecule has 0 aliphatic heterocycles. The van der Waals surface area contributed by atoms with Gasteiger partial charge in [-0.15, -0.1) is 0 Å². The second-order valence-corrected chi connectivity index (χ2v) is 4.83. The van der Waals surface area contributed by atoms with Crippen molar-refractivity contribution in [1.82, 2.24) is 4.98 Å². The van der Waals surface area contributed by atoms with Gasteiger partial charge >= 0.3 is 0 Å². The summed E-state index contributed by atoms with van der Waals surface area (Å²) < 4.78 is 0.891. The largest absolute Gasteiger partial charge is 0.397 e. The Morgan fingerprint density at radius 3 is 2.54 bits per heavy atom. The summed E-state index contributed by atoms with van der Waals surface area (Å²) in [5, 5.41) is 3.26. The smallest absolute Gasteiger partial charge is 0.140 e. The van der Waals surface area contributed by atoms with Crippen LogP contribution in [0.15, 0.2) is 16.7 Å². The Morgan fingerprint density at radius 1 is 1.46 bits per heavy atom. The Balaban J connectivity index is 2.90. The lowest BCUT2D eigenvalue weighted by molar-refractivity contribution is 0.630. The molecule has 1 rings (SSSR count). The first-order valence-corrected chi connectivity index (χ1v) is 4.87. The minimum Gasteiger partial charge on any atom is -0.397 e. The minimum atomic E-state index is 0.00559. The van der Waals surface area contributed by atoms with E-state index in [0.717, 1.165) is 10.3 Å². The molecule has 0 bridgehead atoms. The molecule has 72 valence electrons. The van der Waals surface area contributed by atoms with Gasteiger partial charge in [-0.25, -0.2) is 4.98 Å². The van der Waals surface area contributed by atoms with Crippen molar-refractivity contribution in [1.29, 1.82) is 0 Å². The number of rotatable bonds is 1. The number of aromatic nitrogens is 1. The summed E-state index contributed by atoms with van der Waals surface area (Å²) in [6.45, 7) is 6.24. The summed E-state index contributed by atoms with van der Waals surface area (Å²) in [4.78, 5) is 4.18. The summed E-state index contributed by atoms with van der Waals surface area (Å²) in [6.07, 6.45) is 1.64. The van der Waals surface area contributed by atoms with Gasteiger partial charge in [0.15, 0.2) is 0 Å². The topological polar surface area (TPSA) is 50.9 Å². The monoisotopic (exact) mass is 243 g/mol. The molecule has 0 atom stereocenters. The van der Waals surface area contributed by atoms with E-state index in [1.54, 1.807) is 6.20 Å². The molecule has 0 aliphatic rings. The van der Waals surface area contributed by atoms with E-state index in [2.05, 4.69) is 47.0 Å². The number of nitrogens with one attached hydrogen (secondary N) is 1. The van der Waals surface area contributed by atoms with E-state index in [1.165, 1.54) is 0 Å². The first-order valence-electron chi connectivity index (χ1n) is 4.08. The SMILES string of the molecule is CC(C)(C)Nc1ncc(N)cc1Br. The Hall–Kier alpha value is -0.770. The highest BCUT2D eigenvalue weighted by molar-refractivity contribution is 9.10. The van der Waals surface area contributed by atoms with Crippen molar-refractivity contribution in [3.8, 4) is 0 Å². The molecule has 1 heterocycles. The molecule has 1 aromatic heterocycles. The summed E-state index contributed by atoms with van der Waals surface area (Å²) in [5.74, 6) is 0.821. The van der Waals surface area contributed by atoms with Crippen LogP contribution in [0.3, 0.4) is 0 Å². The van der Waals surface area contributed by atoms with Crippen LogP contribution in [0.4, 0.5) is 11.5 Å². The highest BCUT2D eigenvalue weighted by atomic mass is 79.9. The van der Waals surface area contributed by atoms with E-state index >= 15 is 0 Å². The number of hydrogen-bond donors (Lipinski definition) is 2. The second kappa shape index (κ2) is 3.54. The van der Waals surface area contributed by atoms with E-state index in [-0.39, 0.29) is 5.54 Å². The fourth-order valence-electron chi connectivity index (χ4n) is 0.900. The molecule has 0 saturated heterocycles. The van der Waals surface area contributed by atoms with Crippen molar-refractivity contribution < 1.29 is 0 Å². The maximum absolute atomic E-state index is 5.57. The Kier molecular flexibility index (Phi) is 2.81. The van der Waals surface area contributed by atoms with Crippen molar-refractivity contribution in [3.05, 3.63) is 16.7 Å². The minimum absolute atomic E-state index is 0.00559. The number of halogens is 1. The standard InChI is InChI=1S/C9H14BrN3/c1-9(2,3)13-8-7(10)4-6(11)5-12-8/h4-5H,11H2,1-3H3,(H,12,13). The third-order valence-corrected chi connectivity index (χ3v) is 1.96. The molecule has 0 radical (unpaired) electrons. The van der Waals surface area contributed by atoms with Crippen LogP contribution in [-0.2, 0) is 0 Å². The van der Waals surface area contributed by atoms with Gasteiger partial charge < -0.3 is 11.1 Å². The van der Waals surface area contributed by atoms with Crippen molar-refractivity contribution in [2.24, 2.45) is 0 Å². The van der Waals surface area contributed by atoms with Crippen molar-refractivity contribution >= 4 is 27.4 Å². The number of pyridine rings is 1. The summed E-state index contributed by atoms with van der Waals surface area (Å²) >= 11 is 3.39. The van der Waals surface area contributed by atoms with Crippen molar-refractivity contribution in [2.45, 2.75) is 26.3 Å². The molecule has 0 spiro atoms. The maximum atomic E-state index is 5.57. The molecule has 0 saturated carbocycles. The molecule has 3 N–H and O–H groups in total. The van der Waals surface area contributed by atoms with Gasteiger partial charge in [0.2, 0.25) is 0 Å². The van der Waals surface area contributed by atoms with E-state index in [4.69, 9.17) is 5.73 Å². The van der Waals surface area contributed by atoms with Crippen LogP contribution in [0.2, 0.25) is 0 Å². The van der Waals surface area contributed by atoms with Gasteiger partial charge in [0.25, 0.3) is 0 Å². The molecule has 4 heteroatoms. The van der Waals surface area contributed by atoms with Crippen LogP contribution in [0.25, 0.3) is 0 Å². The van der Waals surface area contributed by atoms with Crippen LogP contribution in [0.5, 0.6) is 0 Å². The molecule has 1 aromatic rings. The average Bonchev–Trinajstić information content (AvgIpc) is 1.93. The van der Waals surface area contributed by atoms with Gasteiger partial charge in [0.05, 0.1) is 16.4 Å². The zero-order valence-electron chi connectivity index (χ0n) is 8.06. The normalized spacial score (nSPS) is 11.4. The zero-order valence-corrected chi connectivity index (χ0v) is 9.64.